The molecular weight excluding hydrogens is 169 g/mol. The van der Waals surface area contributed by atoms with Crippen molar-refractivity contribution in [3.8, 4) is 0 Å². The summed E-state index contributed by atoms with van der Waals surface area (Å²) in [5.41, 5.74) is 0. The van der Waals surface area contributed by atoms with Crippen LogP contribution in [0.25, 0.3) is 0 Å². The SMILES string of the molecule is [CH2-][Si](C)(C)N1CCC(CC)CC1.[Li+]. The summed E-state index contributed by atoms with van der Waals surface area (Å²) in [5, 5.41) is 0. The van der Waals surface area contributed by atoms with Gasteiger partial charge in [-0.25, -0.2) is 0 Å². The Morgan fingerprint density at radius 1 is 1.31 bits per heavy atom. The average molecular weight is 191 g/mol. The standard InChI is InChI=1S/C10H22NSi.Li/c1-5-10-6-8-11(9-7-10)12(2,3)4;/h10H,2,5-9H2,1,3-4H3;/q-1;+1. The van der Waals surface area contributed by atoms with Crippen molar-refractivity contribution >= 4 is 8.24 Å². The summed E-state index contributed by atoms with van der Waals surface area (Å²) in [6.07, 6.45) is 4.18. The van der Waals surface area contributed by atoms with Crippen LogP contribution in [0.3, 0.4) is 0 Å². The largest absolute Gasteiger partial charge is 1.00 e. The Hall–Kier alpha value is 0.774. The van der Waals surface area contributed by atoms with Crippen LogP contribution in [0.15, 0.2) is 0 Å². The van der Waals surface area contributed by atoms with Crippen molar-refractivity contribution < 1.29 is 18.9 Å². The molecule has 0 aromatic rings. The average Bonchev–Trinajstić information content (AvgIpc) is 2.03. The molecule has 0 aromatic carbocycles. The van der Waals surface area contributed by atoms with Crippen molar-refractivity contribution in [1.82, 2.24) is 4.57 Å². The zero-order valence-corrected chi connectivity index (χ0v) is 10.8. The van der Waals surface area contributed by atoms with Crippen molar-refractivity contribution in [3.05, 3.63) is 6.55 Å². The molecule has 1 heterocycles. The van der Waals surface area contributed by atoms with Gasteiger partial charge in [0.25, 0.3) is 0 Å². The first-order valence-corrected chi connectivity index (χ1v) is 8.30. The predicted molar refractivity (Wildman–Crippen MR) is 57.4 cm³/mol. The van der Waals surface area contributed by atoms with E-state index in [4.69, 9.17) is 0 Å². The van der Waals surface area contributed by atoms with Crippen molar-refractivity contribution in [2.45, 2.75) is 39.3 Å². The van der Waals surface area contributed by atoms with E-state index in [9.17, 15) is 0 Å². The molecule has 0 atom stereocenters. The van der Waals surface area contributed by atoms with Gasteiger partial charge in [0, 0.05) is 0 Å². The monoisotopic (exact) mass is 191 g/mol. The second-order valence-corrected chi connectivity index (χ2v) is 8.91. The molecule has 0 unspecified atom stereocenters. The van der Waals surface area contributed by atoms with Crippen molar-refractivity contribution in [2.75, 3.05) is 13.1 Å². The van der Waals surface area contributed by atoms with E-state index in [0.717, 1.165) is 5.92 Å². The molecule has 1 aliphatic rings. The molecular formula is C10H22LiNSi. The Balaban J connectivity index is 0.00000144. The van der Waals surface area contributed by atoms with Crippen LogP contribution in [0.5, 0.6) is 0 Å². The molecule has 1 rings (SSSR count). The maximum Gasteiger partial charge on any atom is 1.00 e. The van der Waals surface area contributed by atoms with Gasteiger partial charge in [-0.3, -0.25) is 0 Å². The van der Waals surface area contributed by atoms with Crippen molar-refractivity contribution in [2.24, 2.45) is 5.92 Å². The Labute approximate surface area is 96.5 Å². The van der Waals surface area contributed by atoms with E-state index < -0.39 is 8.24 Å². The summed E-state index contributed by atoms with van der Waals surface area (Å²) in [6.45, 7) is 13.9. The Morgan fingerprint density at radius 3 is 2.08 bits per heavy atom. The predicted octanol–water partition coefficient (Wildman–Crippen LogP) is -0.309. The molecule has 1 nitrogen and oxygen atoms in total. The Kier molecular flexibility index (Phi) is 5.94. The molecule has 1 aliphatic heterocycles. The smallest absolute Gasteiger partial charge is 0.351 e. The fraction of sp³-hybridized carbons (Fsp3) is 0.900. The summed E-state index contributed by atoms with van der Waals surface area (Å²) in [4.78, 5) is 0. The van der Waals surface area contributed by atoms with Gasteiger partial charge in [-0.2, -0.15) is 0 Å². The molecule has 0 aliphatic carbocycles. The molecule has 13 heavy (non-hydrogen) atoms. The van der Waals surface area contributed by atoms with E-state index in [0.29, 0.717) is 0 Å². The zero-order valence-electron chi connectivity index (χ0n) is 9.77. The third-order valence-corrected chi connectivity index (χ3v) is 5.21. The minimum atomic E-state index is -1.22. The van der Waals surface area contributed by atoms with Crippen LogP contribution in [0, 0.1) is 12.5 Å². The number of hydrogen-bond donors (Lipinski definition) is 0. The molecule has 0 N–H and O–H groups in total. The molecule has 0 saturated carbocycles. The summed E-state index contributed by atoms with van der Waals surface area (Å²) in [6, 6.07) is 0. The number of piperidine rings is 1. The zero-order chi connectivity index (χ0) is 9.19. The third-order valence-electron chi connectivity index (χ3n) is 3.05. The molecule has 0 bridgehead atoms. The third kappa shape index (κ3) is 4.21. The summed E-state index contributed by atoms with van der Waals surface area (Å²) in [5.74, 6) is 0.998. The first-order valence-electron chi connectivity index (χ1n) is 5.14. The molecule has 0 amide bonds. The van der Waals surface area contributed by atoms with Crippen LogP contribution in [-0.4, -0.2) is 25.9 Å². The van der Waals surface area contributed by atoms with Gasteiger partial charge in [-0.15, -0.1) is 0 Å². The fourth-order valence-electron chi connectivity index (χ4n) is 1.95. The second kappa shape index (κ2) is 5.61. The number of rotatable bonds is 2. The molecule has 0 spiro atoms. The normalized spacial score (nSPS) is 21.2. The first kappa shape index (κ1) is 13.8. The maximum atomic E-state index is 4.31. The van der Waals surface area contributed by atoms with E-state index in [1.807, 2.05) is 0 Å². The van der Waals surface area contributed by atoms with Crippen LogP contribution in [0.4, 0.5) is 0 Å². The quantitative estimate of drug-likeness (QED) is 0.427. The topological polar surface area (TPSA) is 3.24 Å². The molecule has 0 aromatic heterocycles. The van der Waals surface area contributed by atoms with E-state index in [1.165, 1.54) is 32.4 Å². The summed E-state index contributed by atoms with van der Waals surface area (Å²) >= 11 is 0. The van der Waals surface area contributed by atoms with E-state index in [1.54, 1.807) is 0 Å². The summed E-state index contributed by atoms with van der Waals surface area (Å²) < 4.78 is 2.64. The second-order valence-electron chi connectivity index (χ2n) is 4.65. The van der Waals surface area contributed by atoms with Crippen molar-refractivity contribution in [1.29, 1.82) is 0 Å². The van der Waals surface area contributed by atoms with Crippen LogP contribution in [0.2, 0.25) is 13.1 Å². The molecule has 1 saturated heterocycles. The number of nitrogens with zero attached hydrogens (tertiary/aromatic N) is 1. The van der Waals surface area contributed by atoms with Gasteiger partial charge in [0.2, 0.25) is 0 Å². The minimum Gasteiger partial charge on any atom is -0.351 e. The van der Waals surface area contributed by atoms with Crippen LogP contribution in [0.1, 0.15) is 26.2 Å². The van der Waals surface area contributed by atoms with Gasteiger partial charge in [0.15, 0.2) is 0 Å². The molecule has 1 fully saturated rings. The van der Waals surface area contributed by atoms with E-state index in [-0.39, 0.29) is 18.9 Å². The molecule has 72 valence electrons. The Morgan fingerprint density at radius 2 is 1.77 bits per heavy atom. The van der Waals surface area contributed by atoms with Crippen molar-refractivity contribution in [3.63, 3.8) is 0 Å². The molecule has 0 radical (unpaired) electrons. The maximum absolute atomic E-state index is 4.31. The van der Waals surface area contributed by atoms with Gasteiger partial charge < -0.3 is 11.1 Å². The fourth-order valence-corrected chi connectivity index (χ4v) is 3.42. The van der Waals surface area contributed by atoms with Gasteiger partial charge in [0.05, 0.1) is 0 Å². The van der Waals surface area contributed by atoms with E-state index >= 15 is 0 Å². The van der Waals surface area contributed by atoms with Gasteiger partial charge in [-0.1, -0.05) is 26.4 Å². The van der Waals surface area contributed by atoms with Gasteiger partial charge in [-0.05, 0) is 40.1 Å². The van der Waals surface area contributed by atoms with Crippen LogP contribution >= 0.6 is 0 Å². The first-order chi connectivity index (χ1) is 5.54. The van der Waals surface area contributed by atoms with Crippen LogP contribution < -0.4 is 18.9 Å². The Bertz CT molecular complexity index is 136. The molecule has 3 heteroatoms. The van der Waals surface area contributed by atoms with Gasteiger partial charge in [0.1, 0.15) is 0 Å². The minimum absolute atomic E-state index is 0. The van der Waals surface area contributed by atoms with E-state index in [2.05, 4.69) is 31.1 Å². The number of hydrogen-bond acceptors (Lipinski definition) is 1. The van der Waals surface area contributed by atoms with Gasteiger partial charge >= 0.3 is 18.9 Å². The van der Waals surface area contributed by atoms with Crippen LogP contribution in [-0.2, 0) is 0 Å². The summed E-state index contributed by atoms with van der Waals surface area (Å²) in [7, 11) is -1.22.